The van der Waals surface area contributed by atoms with Crippen LogP contribution in [0.2, 0.25) is 0 Å². The van der Waals surface area contributed by atoms with Crippen LogP contribution in [0.4, 0.5) is 4.39 Å². The number of esters is 1. The van der Waals surface area contributed by atoms with Crippen LogP contribution in [0.5, 0.6) is 0 Å². The van der Waals surface area contributed by atoms with Gasteiger partial charge in [-0.15, -0.1) is 0 Å². The topological polar surface area (TPSA) is 42.4 Å². The second-order valence-corrected chi connectivity index (χ2v) is 8.53. The minimum Gasteiger partial charge on any atom is -0.465 e. The van der Waals surface area contributed by atoms with Crippen molar-refractivity contribution in [2.75, 3.05) is 7.11 Å². The first-order chi connectivity index (χ1) is 17.6. The van der Waals surface area contributed by atoms with Crippen LogP contribution in [-0.2, 0) is 24.2 Å². The number of rotatable bonds is 10. The van der Waals surface area contributed by atoms with Gasteiger partial charge in [0.2, 0.25) is 0 Å². The van der Waals surface area contributed by atoms with Crippen molar-refractivity contribution < 1.29 is 13.9 Å². The lowest BCUT2D eigenvalue weighted by atomic mass is 10.0. The van der Waals surface area contributed by atoms with E-state index in [-0.39, 0.29) is 11.9 Å². The van der Waals surface area contributed by atoms with Gasteiger partial charge in [0.15, 0.2) is 0 Å². The van der Waals surface area contributed by atoms with E-state index in [4.69, 9.17) is 4.74 Å². The minimum absolute atomic E-state index is 0.171. The van der Waals surface area contributed by atoms with Crippen molar-refractivity contribution in [3.63, 3.8) is 0 Å². The van der Waals surface area contributed by atoms with E-state index in [0.717, 1.165) is 11.1 Å². The minimum atomic E-state index is -0.446. The van der Waals surface area contributed by atoms with E-state index < -0.39 is 5.97 Å². The predicted octanol–water partition coefficient (Wildman–Crippen LogP) is 6.33. The standard InChI is InChI=1S/C31H29FN2O2/c1-36-31(35)28-16-10-20-33-30(28)19-18-27(21-26-15-8-9-17-29(26)32)34(22-24-11-4-2-5-12-24)23-25-13-6-3-7-14-25/h2-20,27H,21-23H2,1H3. The van der Waals surface area contributed by atoms with Crippen LogP contribution in [0.1, 0.15) is 32.7 Å². The lowest BCUT2D eigenvalue weighted by Gasteiger charge is -2.30. The number of benzene rings is 3. The van der Waals surface area contributed by atoms with Crippen LogP contribution < -0.4 is 0 Å². The largest absolute Gasteiger partial charge is 0.465 e. The average Bonchev–Trinajstić information content (AvgIpc) is 2.92. The Morgan fingerprint density at radius 1 is 0.889 bits per heavy atom. The molecular formula is C31H29FN2O2. The molecule has 0 amide bonds. The highest BCUT2D eigenvalue weighted by atomic mass is 19.1. The van der Waals surface area contributed by atoms with Gasteiger partial charge in [0.05, 0.1) is 18.4 Å². The number of carbonyl (C=O) groups is 1. The molecule has 5 heteroatoms. The Kier molecular flexibility index (Phi) is 8.73. The van der Waals surface area contributed by atoms with E-state index in [1.54, 1.807) is 24.4 Å². The summed E-state index contributed by atoms with van der Waals surface area (Å²) in [5, 5.41) is 0. The Balaban J connectivity index is 1.73. The molecular weight excluding hydrogens is 451 g/mol. The summed E-state index contributed by atoms with van der Waals surface area (Å²) < 4.78 is 19.7. The van der Waals surface area contributed by atoms with Crippen molar-refractivity contribution in [3.8, 4) is 0 Å². The Labute approximate surface area is 211 Å². The van der Waals surface area contributed by atoms with E-state index >= 15 is 0 Å². The summed E-state index contributed by atoms with van der Waals surface area (Å²) in [6.45, 7) is 1.34. The molecule has 0 saturated heterocycles. The number of aromatic nitrogens is 1. The van der Waals surface area contributed by atoms with E-state index in [1.165, 1.54) is 13.2 Å². The van der Waals surface area contributed by atoms with E-state index in [9.17, 15) is 9.18 Å². The summed E-state index contributed by atoms with van der Waals surface area (Å²) in [5.74, 6) is -0.679. The number of carbonyl (C=O) groups excluding carboxylic acids is 1. The number of halogens is 1. The summed E-state index contributed by atoms with van der Waals surface area (Å²) in [4.78, 5) is 19.0. The summed E-state index contributed by atoms with van der Waals surface area (Å²) in [7, 11) is 1.35. The van der Waals surface area contributed by atoms with Crippen molar-refractivity contribution in [3.05, 3.63) is 143 Å². The second kappa shape index (κ2) is 12.6. The smallest absolute Gasteiger partial charge is 0.340 e. The van der Waals surface area contributed by atoms with Gasteiger partial charge in [-0.3, -0.25) is 9.88 Å². The molecule has 1 heterocycles. The summed E-state index contributed by atoms with van der Waals surface area (Å²) in [5.41, 5.74) is 3.86. The first kappa shape index (κ1) is 25.0. The number of hydrogen-bond acceptors (Lipinski definition) is 4. The third-order valence-electron chi connectivity index (χ3n) is 6.03. The molecule has 0 bridgehead atoms. The molecule has 1 atom stereocenters. The Morgan fingerprint density at radius 2 is 1.50 bits per heavy atom. The van der Waals surface area contributed by atoms with Gasteiger partial charge in [0.1, 0.15) is 5.82 Å². The van der Waals surface area contributed by atoms with Gasteiger partial charge >= 0.3 is 5.97 Å². The molecule has 4 rings (SSSR count). The maximum absolute atomic E-state index is 14.7. The molecule has 0 aliphatic rings. The Bertz CT molecular complexity index is 1250. The van der Waals surface area contributed by atoms with Crippen LogP contribution in [-0.4, -0.2) is 29.0 Å². The van der Waals surface area contributed by atoms with E-state index in [1.807, 2.05) is 60.7 Å². The number of ether oxygens (including phenoxy) is 1. The summed E-state index contributed by atoms with van der Waals surface area (Å²) in [6, 6.07) is 30.5. The molecule has 0 N–H and O–H groups in total. The zero-order chi connectivity index (χ0) is 25.2. The van der Waals surface area contributed by atoms with Gasteiger partial charge in [-0.2, -0.15) is 0 Å². The molecule has 1 aromatic heterocycles. The Hall–Kier alpha value is -4.09. The maximum Gasteiger partial charge on any atom is 0.340 e. The van der Waals surface area contributed by atoms with Crippen LogP contribution in [0, 0.1) is 5.82 Å². The molecule has 0 spiro atoms. The van der Waals surface area contributed by atoms with Crippen LogP contribution in [0.15, 0.2) is 109 Å². The van der Waals surface area contributed by atoms with Crippen molar-refractivity contribution in [2.24, 2.45) is 0 Å². The van der Waals surface area contributed by atoms with E-state index in [2.05, 4.69) is 34.1 Å². The highest BCUT2D eigenvalue weighted by Crippen LogP contribution is 2.21. The third kappa shape index (κ3) is 6.74. The second-order valence-electron chi connectivity index (χ2n) is 8.53. The fourth-order valence-corrected chi connectivity index (χ4v) is 4.17. The normalized spacial score (nSPS) is 12.1. The fourth-order valence-electron chi connectivity index (χ4n) is 4.17. The first-order valence-corrected chi connectivity index (χ1v) is 11.9. The molecule has 0 aliphatic carbocycles. The SMILES string of the molecule is COC(=O)c1cccnc1C=CC(Cc1ccccc1F)N(Cc1ccccc1)Cc1ccccc1. The van der Waals surface area contributed by atoms with Crippen molar-refractivity contribution in [1.82, 2.24) is 9.88 Å². The molecule has 36 heavy (non-hydrogen) atoms. The third-order valence-corrected chi connectivity index (χ3v) is 6.03. The predicted molar refractivity (Wildman–Crippen MR) is 141 cm³/mol. The summed E-state index contributed by atoms with van der Waals surface area (Å²) in [6.07, 6.45) is 5.95. The molecule has 0 saturated carbocycles. The summed E-state index contributed by atoms with van der Waals surface area (Å²) >= 11 is 0. The number of pyridine rings is 1. The fraction of sp³-hybridized carbons (Fsp3) is 0.161. The highest BCUT2D eigenvalue weighted by Gasteiger charge is 2.20. The number of nitrogens with zero attached hydrogens (tertiary/aromatic N) is 2. The molecule has 182 valence electrons. The monoisotopic (exact) mass is 480 g/mol. The van der Waals surface area contributed by atoms with Crippen LogP contribution in [0.25, 0.3) is 6.08 Å². The molecule has 3 aromatic carbocycles. The van der Waals surface area contributed by atoms with Gasteiger partial charge in [0, 0.05) is 25.3 Å². The molecule has 1 unspecified atom stereocenters. The average molecular weight is 481 g/mol. The van der Waals surface area contributed by atoms with Crippen LogP contribution in [0.3, 0.4) is 0 Å². The van der Waals surface area contributed by atoms with Crippen molar-refractivity contribution in [1.29, 1.82) is 0 Å². The van der Waals surface area contributed by atoms with E-state index in [0.29, 0.717) is 36.3 Å². The van der Waals surface area contributed by atoms with Gasteiger partial charge in [-0.1, -0.05) is 84.9 Å². The van der Waals surface area contributed by atoms with Gasteiger partial charge in [0.25, 0.3) is 0 Å². The molecule has 0 aliphatic heterocycles. The number of hydrogen-bond donors (Lipinski definition) is 0. The van der Waals surface area contributed by atoms with Gasteiger partial charge in [-0.25, -0.2) is 9.18 Å². The van der Waals surface area contributed by atoms with Crippen molar-refractivity contribution >= 4 is 12.0 Å². The maximum atomic E-state index is 14.7. The number of methoxy groups -OCH3 is 1. The molecule has 4 aromatic rings. The highest BCUT2D eigenvalue weighted by molar-refractivity contribution is 5.92. The molecule has 4 nitrogen and oxygen atoms in total. The zero-order valence-corrected chi connectivity index (χ0v) is 20.3. The lowest BCUT2D eigenvalue weighted by molar-refractivity contribution is 0.0600. The lowest BCUT2D eigenvalue weighted by Crippen LogP contribution is -2.35. The first-order valence-electron chi connectivity index (χ1n) is 11.9. The van der Waals surface area contributed by atoms with Gasteiger partial charge < -0.3 is 4.74 Å². The van der Waals surface area contributed by atoms with Crippen molar-refractivity contribution in [2.45, 2.75) is 25.6 Å². The molecule has 0 radical (unpaired) electrons. The van der Waals surface area contributed by atoms with Gasteiger partial charge in [-0.05, 0) is 47.4 Å². The quantitative estimate of drug-likeness (QED) is 0.249. The zero-order valence-electron chi connectivity index (χ0n) is 20.3. The Morgan fingerprint density at radius 3 is 2.11 bits per heavy atom. The van der Waals surface area contributed by atoms with Crippen LogP contribution >= 0.6 is 0 Å². The molecule has 0 fully saturated rings.